The average Bonchev–Trinajstić information content (AvgIpc) is 3.18. The van der Waals surface area contributed by atoms with E-state index in [-0.39, 0.29) is 17.9 Å². The third-order valence-electron chi connectivity index (χ3n) is 4.41. The molecule has 160 valence electrons. The van der Waals surface area contributed by atoms with Crippen LogP contribution in [0.5, 0.6) is 0 Å². The van der Waals surface area contributed by atoms with Gasteiger partial charge in [0.15, 0.2) is 0 Å². The summed E-state index contributed by atoms with van der Waals surface area (Å²) in [6, 6.07) is 15.8. The molecule has 1 heterocycles. The van der Waals surface area contributed by atoms with Crippen molar-refractivity contribution in [3.8, 4) is 5.69 Å². The molecule has 0 aliphatic heterocycles. The van der Waals surface area contributed by atoms with Crippen LogP contribution in [0.3, 0.4) is 0 Å². The number of nitrogens with zero attached hydrogens (tertiary/aromatic N) is 2. The van der Waals surface area contributed by atoms with Crippen LogP contribution in [0.15, 0.2) is 72.9 Å². The van der Waals surface area contributed by atoms with E-state index >= 15 is 0 Å². The number of fused-ring (bicyclic) bond motifs is 1. The first kappa shape index (κ1) is 22.0. The van der Waals surface area contributed by atoms with E-state index in [0.717, 1.165) is 12.1 Å². The van der Waals surface area contributed by atoms with Crippen LogP contribution in [0, 0.1) is 5.82 Å². The van der Waals surface area contributed by atoms with Gasteiger partial charge < -0.3 is 10.8 Å². The fraction of sp³-hybridized carbons (Fsp3) is 0.0909. The minimum absolute atomic E-state index is 0.129. The van der Waals surface area contributed by atoms with Crippen LogP contribution < -0.4 is 5.73 Å². The number of nitrogens with two attached hydrogens (primary N) is 1. The zero-order valence-corrected chi connectivity index (χ0v) is 16.0. The zero-order valence-electron chi connectivity index (χ0n) is 16.0. The van der Waals surface area contributed by atoms with Crippen molar-refractivity contribution in [2.24, 2.45) is 5.73 Å². The number of aromatic carboxylic acids is 1. The van der Waals surface area contributed by atoms with Crippen LogP contribution in [0.2, 0.25) is 0 Å². The van der Waals surface area contributed by atoms with Crippen molar-refractivity contribution in [2.45, 2.75) is 12.7 Å². The van der Waals surface area contributed by atoms with Gasteiger partial charge in [0.05, 0.1) is 28.5 Å². The van der Waals surface area contributed by atoms with Crippen molar-refractivity contribution >= 4 is 16.9 Å². The van der Waals surface area contributed by atoms with Crippen LogP contribution in [0.4, 0.5) is 17.6 Å². The second-order valence-corrected chi connectivity index (χ2v) is 6.48. The van der Waals surface area contributed by atoms with Crippen molar-refractivity contribution in [3.63, 3.8) is 0 Å². The number of alkyl halides is 3. The molecule has 31 heavy (non-hydrogen) atoms. The van der Waals surface area contributed by atoms with Crippen molar-refractivity contribution in [1.82, 2.24) is 9.78 Å². The summed E-state index contributed by atoms with van der Waals surface area (Å²) in [5.74, 6) is -1.32. The molecule has 0 aliphatic rings. The molecule has 0 saturated heterocycles. The van der Waals surface area contributed by atoms with Gasteiger partial charge in [-0.25, -0.2) is 13.9 Å². The van der Waals surface area contributed by atoms with Crippen LogP contribution in [-0.2, 0) is 12.7 Å². The van der Waals surface area contributed by atoms with E-state index in [0.29, 0.717) is 22.2 Å². The van der Waals surface area contributed by atoms with E-state index in [2.05, 4.69) is 5.10 Å². The summed E-state index contributed by atoms with van der Waals surface area (Å²) < 4.78 is 50.7. The molecule has 3 aromatic carbocycles. The number of carboxylic acid groups (broad SMARTS) is 1. The lowest BCUT2D eigenvalue weighted by Gasteiger charge is -2.06. The summed E-state index contributed by atoms with van der Waals surface area (Å²) >= 11 is 0. The van der Waals surface area contributed by atoms with Gasteiger partial charge in [0, 0.05) is 11.9 Å². The van der Waals surface area contributed by atoms with Gasteiger partial charge in [0.1, 0.15) is 5.82 Å². The number of benzene rings is 3. The summed E-state index contributed by atoms with van der Waals surface area (Å²) in [5.41, 5.74) is 6.59. The van der Waals surface area contributed by atoms with E-state index in [9.17, 15) is 22.4 Å². The van der Waals surface area contributed by atoms with Crippen molar-refractivity contribution in [3.05, 3.63) is 95.4 Å². The molecular weight excluding hydrogens is 414 g/mol. The van der Waals surface area contributed by atoms with E-state index < -0.39 is 17.7 Å². The predicted octanol–water partition coefficient (Wildman–Crippen LogP) is 5.03. The highest BCUT2D eigenvalue weighted by Gasteiger charge is 2.30. The smallest absolute Gasteiger partial charge is 0.416 e. The second-order valence-electron chi connectivity index (χ2n) is 6.48. The first-order chi connectivity index (χ1) is 14.7. The SMILES string of the molecule is NCc1cccc(C(F)(F)F)c1.O=C(O)c1cccc2c1cnn2-c1ccc(F)cc1. The molecule has 0 aliphatic carbocycles. The van der Waals surface area contributed by atoms with Gasteiger partial charge in [-0.15, -0.1) is 0 Å². The van der Waals surface area contributed by atoms with Crippen LogP contribution in [-0.4, -0.2) is 20.9 Å². The lowest BCUT2D eigenvalue weighted by molar-refractivity contribution is -0.137. The Morgan fingerprint density at radius 1 is 1.03 bits per heavy atom. The first-order valence-corrected chi connectivity index (χ1v) is 9.03. The topological polar surface area (TPSA) is 81.1 Å². The van der Waals surface area contributed by atoms with Crippen molar-refractivity contribution in [1.29, 1.82) is 0 Å². The number of hydrogen-bond acceptors (Lipinski definition) is 3. The Bertz CT molecular complexity index is 1200. The molecule has 0 amide bonds. The summed E-state index contributed by atoms with van der Waals surface area (Å²) in [5, 5.41) is 13.8. The fourth-order valence-electron chi connectivity index (χ4n) is 2.90. The predicted molar refractivity (Wildman–Crippen MR) is 107 cm³/mol. The van der Waals surface area contributed by atoms with E-state index in [1.54, 1.807) is 35.0 Å². The molecule has 0 spiro atoms. The van der Waals surface area contributed by atoms with Gasteiger partial charge in [0.2, 0.25) is 0 Å². The molecule has 9 heteroatoms. The van der Waals surface area contributed by atoms with Gasteiger partial charge >= 0.3 is 12.1 Å². The lowest BCUT2D eigenvalue weighted by Crippen LogP contribution is -2.06. The van der Waals surface area contributed by atoms with Crippen LogP contribution in [0.25, 0.3) is 16.6 Å². The standard InChI is InChI=1S/C14H9FN2O2.C8H8F3N/c15-9-4-6-10(7-5-9)17-13-3-1-2-11(14(18)19)12(13)8-16-17;9-8(10,11)7-3-1-2-6(4-7)5-12/h1-8H,(H,18,19);1-4H,5,12H2. The maximum absolute atomic E-state index is 12.9. The molecule has 4 rings (SSSR count). The number of hydrogen-bond donors (Lipinski definition) is 2. The molecule has 0 saturated carbocycles. The minimum atomic E-state index is -4.27. The van der Waals surface area contributed by atoms with E-state index in [4.69, 9.17) is 10.8 Å². The second kappa shape index (κ2) is 8.97. The van der Waals surface area contributed by atoms with Gasteiger partial charge in [-0.3, -0.25) is 0 Å². The van der Waals surface area contributed by atoms with Gasteiger partial charge in [-0.05, 0) is 48.0 Å². The molecule has 0 unspecified atom stereocenters. The summed E-state index contributed by atoms with van der Waals surface area (Å²) in [4.78, 5) is 11.1. The highest BCUT2D eigenvalue weighted by Crippen LogP contribution is 2.29. The van der Waals surface area contributed by atoms with Crippen LogP contribution in [0.1, 0.15) is 21.5 Å². The molecule has 0 bridgehead atoms. The zero-order chi connectivity index (χ0) is 22.6. The summed E-state index contributed by atoms with van der Waals surface area (Å²) in [6.45, 7) is 0.129. The van der Waals surface area contributed by atoms with E-state index in [1.807, 2.05) is 0 Å². The Labute approximate surface area is 174 Å². The Morgan fingerprint density at radius 2 is 1.71 bits per heavy atom. The summed E-state index contributed by atoms with van der Waals surface area (Å²) in [7, 11) is 0. The number of halogens is 4. The third kappa shape index (κ3) is 5.07. The monoisotopic (exact) mass is 431 g/mol. The molecular formula is C22H17F4N3O2. The molecule has 1 aromatic heterocycles. The highest BCUT2D eigenvalue weighted by atomic mass is 19.4. The molecule has 3 N–H and O–H groups in total. The Kier molecular flexibility index (Phi) is 6.36. The average molecular weight is 431 g/mol. The number of carboxylic acids is 1. The van der Waals surface area contributed by atoms with E-state index in [1.165, 1.54) is 30.5 Å². The van der Waals surface area contributed by atoms with Crippen molar-refractivity contribution < 1.29 is 27.5 Å². The Balaban J connectivity index is 0.000000196. The third-order valence-corrected chi connectivity index (χ3v) is 4.41. The lowest BCUT2D eigenvalue weighted by atomic mass is 10.1. The quantitative estimate of drug-likeness (QED) is 0.446. The normalized spacial score (nSPS) is 11.1. The highest BCUT2D eigenvalue weighted by molar-refractivity contribution is 6.02. The molecule has 4 aromatic rings. The Hall–Kier alpha value is -3.72. The molecule has 0 radical (unpaired) electrons. The number of aromatic nitrogens is 2. The minimum Gasteiger partial charge on any atom is -0.478 e. The van der Waals surface area contributed by atoms with Gasteiger partial charge in [-0.1, -0.05) is 24.3 Å². The van der Waals surface area contributed by atoms with Gasteiger partial charge in [-0.2, -0.15) is 18.3 Å². The maximum atomic E-state index is 12.9. The fourth-order valence-corrected chi connectivity index (χ4v) is 2.90. The first-order valence-electron chi connectivity index (χ1n) is 9.03. The van der Waals surface area contributed by atoms with Crippen LogP contribution >= 0.6 is 0 Å². The Morgan fingerprint density at radius 3 is 2.32 bits per heavy atom. The van der Waals surface area contributed by atoms with Gasteiger partial charge in [0.25, 0.3) is 0 Å². The van der Waals surface area contributed by atoms with Crippen molar-refractivity contribution in [2.75, 3.05) is 0 Å². The molecule has 0 atom stereocenters. The molecule has 0 fully saturated rings. The number of rotatable bonds is 3. The number of carbonyl (C=O) groups is 1. The summed E-state index contributed by atoms with van der Waals surface area (Å²) in [6.07, 6.45) is -2.77. The largest absolute Gasteiger partial charge is 0.478 e. The maximum Gasteiger partial charge on any atom is 0.416 e. The molecule has 5 nitrogen and oxygen atoms in total.